The van der Waals surface area contributed by atoms with E-state index >= 15 is 8.78 Å². The molecular formula is C34H29ClF3N7O2S. The number of aromatic nitrogens is 4. The van der Waals surface area contributed by atoms with Crippen LogP contribution in [0, 0.1) is 29.9 Å². The number of nitrogens with zero attached hydrogens (tertiary/aromatic N) is 7. The van der Waals surface area contributed by atoms with Crippen LogP contribution in [0.4, 0.5) is 19.0 Å². The van der Waals surface area contributed by atoms with Crippen LogP contribution in [-0.4, -0.2) is 68.7 Å². The molecule has 1 unspecified atom stereocenters. The minimum atomic E-state index is -0.938. The van der Waals surface area contributed by atoms with Crippen molar-refractivity contribution in [3.63, 3.8) is 0 Å². The average molecular weight is 692 g/mol. The molecule has 4 aliphatic heterocycles. The quantitative estimate of drug-likeness (QED) is 0.200. The third-order valence-electron chi connectivity index (χ3n) is 10.5. The molecule has 4 aliphatic rings. The average Bonchev–Trinajstić information content (AvgIpc) is 3.78. The fourth-order valence-electron chi connectivity index (χ4n) is 8.18. The fourth-order valence-corrected chi connectivity index (χ4v) is 9.55. The zero-order chi connectivity index (χ0) is 32.9. The first kappa shape index (κ1) is 30.0. The van der Waals surface area contributed by atoms with Crippen LogP contribution >= 0.6 is 22.9 Å². The highest BCUT2D eigenvalue weighted by Gasteiger charge is 2.49. The molecule has 0 radical (unpaired) electrons. The van der Waals surface area contributed by atoms with Crippen molar-refractivity contribution in [1.82, 2.24) is 24.6 Å². The zero-order valence-electron chi connectivity index (χ0n) is 25.9. The lowest BCUT2D eigenvalue weighted by molar-refractivity contribution is 0.107. The Bertz CT molecular complexity index is 2200. The second-order valence-electron chi connectivity index (χ2n) is 13.1. The van der Waals surface area contributed by atoms with Crippen LogP contribution in [0.1, 0.15) is 41.8 Å². The summed E-state index contributed by atoms with van der Waals surface area (Å²) in [5.74, 6) is -0.644. The van der Waals surface area contributed by atoms with E-state index in [2.05, 4.69) is 26.0 Å². The molecule has 0 spiro atoms. The van der Waals surface area contributed by atoms with Crippen molar-refractivity contribution in [3.8, 4) is 29.0 Å². The van der Waals surface area contributed by atoms with Gasteiger partial charge in [0.1, 0.15) is 42.6 Å². The van der Waals surface area contributed by atoms with Crippen molar-refractivity contribution >= 4 is 49.7 Å². The predicted octanol–water partition coefficient (Wildman–Crippen LogP) is 6.95. The van der Waals surface area contributed by atoms with Crippen molar-refractivity contribution in [1.29, 1.82) is 5.26 Å². The molecule has 9 nitrogen and oxygen atoms in total. The standard InChI is InChI=1S/C34H29ClF3N7O2S/c1-17-22(12-39)24-21(3-4-23(37)31(24)48-17)25-27(35)30-26-29(28(25)38)41-33(47-16-34-7-2-9-43(34)13-18(36)11-34)42-32(26)44-14-19-5-8-40-45(19)10-6-20(44)15-46-30/h3-5,8,18,20H,2,6-7,9-11,13-16H2,1H3/t18-,20?,34+/m1/s1. The number of rotatable bonds is 4. The summed E-state index contributed by atoms with van der Waals surface area (Å²) in [5, 5.41) is 15.1. The van der Waals surface area contributed by atoms with Crippen molar-refractivity contribution in [2.45, 2.75) is 63.4 Å². The van der Waals surface area contributed by atoms with Gasteiger partial charge in [0.25, 0.3) is 0 Å². The Morgan fingerprint density at radius 1 is 1.21 bits per heavy atom. The molecule has 3 atom stereocenters. The summed E-state index contributed by atoms with van der Waals surface area (Å²) in [6, 6.07) is 6.61. The van der Waals surface area contributed by atoms with Crippen molar-refractivity contribution in [2.24, 2.45) is 0 Å². The highest BCUT2D eigenvalue weighted by atomic mass is 35.5. The van der Waals surface area contributed by atoms with E-state index in [0.717, 1.165) is 36.4 Å². The lowest BCUT2D eigenvalue weighted by Crippen LogP contribution is -2.43. The fraction of sp³-hybridized carbons (Fsp3) is 0.412. The van der Waals surface area contributed by atoms with E-state index in [1.807, 2.05) is 10.7 Å². The van der Waals surface area contributed by atoms with Gasteiger partial charge < -0.3 is 14.4 Å². The Kier molecular flexibility index (Phi) is 6.84. The number of ether oxygens (including phenoxy) is 2. The lowest BCUT2D eigenvalue weighted by atomic mass is 9.95. The number of hydrogen-bond acceptors (Lipinski definition) is 9. The molecule has 2 fully saturated rings. The molecule has 2 saturated heterocycles. The minimum absolute atomic E-state index is 0.0118. The van der Waals surface area contributed by atoms with Gasteiger partial charge >= 0.3 is 6.01 Å². The summed E-state index contributed by atoms with van der Waals surface area (Å²) in [5.41, 5.74) is 0.909. The van der Waals surface area contributed by atoms with E-state index in [1.54, 1.807) is 13.1 Å². The van der Waals surface area contributed by atoms with Gasteiger partial charge in [0, 0.05) is 41.5 Å². The van der Waals surface area contributed by atoms with Gasteiger partial charge in [-0.05, 0) is 50.4 Å². The Hall–Kier alpha value is -4.12. The SMILES string of the molecule is Cc1sc2c(F)ccc(-c3c(Cl)c4c5c(nc(OC[C@@]67CCCN6C[C@H](F)C7)nc5c3F)N3Cc5ccnn5CCC3CO4)c2c1C#N. The molecule has 9 rings (SSSR count). The smallest absolute Gasteiger partial charge is 0.319 e. The summed E-state index contributed by atoms with van der Waals surface area (Å²) < 4.78 is 61.9. The maximum absolute atomic E-state index is 17.3. The summed E-state index contributed by atoms with van der Waals surface area (Å²) >= 11 is 8.24. The molecule has 246 valence electrons. The van der Waals surface area contributed by atoms with E-state index in [0.29, 0.717) is 48.6 Å². The third kappa shape index (κ3) is 4.35. The molecule has 48 heavy (non-hydrogen) atoms. The van der Waals surface area contributed by atoms with Crippen LogP contribution in [0.5, 0.6) is 11.8 Å². The Morgan fingerprint density at radius 3 is 2.94 bits per heavy atom. The van der Waals surface area contributed by atoms with Crippen LogP contribution in [0.2, 0.25) is 5.02 Å². The second kappa shape index (κ2) is 10.9. The number of alkyl halides is 1. The van der Waals surface area contributed by atoms with Crippen LogP contribution in [0.3, 0.4) is 0 Å². The van der Waals surface area contributed by atoms with Crippen LogP contribution in [0.15, 0.2) is 24.4 Å². The number of halogens is 4. The number of benzene rings is 2. The van der Waals surface area contributed by atoms with Gasteiger partial charge in [0.05, 0.1) is 44.5 Å². The van der Waals surface area contributed by atoms with E-state index in [1.165, 1.54) is 12.1 Å². The molecule has 2 aromatic carbocycles. The largest absolute Gasteiger partial charge is 0.489 e. The molecule has 14 heteroatoms. The number of nitriles is 1. The molecule has 7 heterocycles. The molecule has 3 aromatic heterocycles. The van der Waals surface area contributed by atoms with Gasteiger partial charge in [-0.2, -0.15) is 20.3 Å². The number of fused-ring (bicyclic) bond motifs is 5. The van der Waals surface area contributed by atoms with Gasteiger partial charge in [-0.25, -0.2) is 13.2 Å². The molecule has 0 aliphatic carbocycles. The first-order chi connectivity index (χ1) is 23.3. The predicted molar refractivity (Wildman–Crippen MR) is 176 cm³/mol. The summed E-state index contributed by atoms with van der Waals surface area (Å²) in [7, 11) is 0. The van der Waals surface area contributed by atoms with E-state index in [9.17, 15) is 9.65 Å². The van der Waals surface area contributed by atoms with Crippen molar-refractivity contribution in [2.75, 3.05) is 31.2 Å². The monoisotopic (exact) mass is 691 g/mol. The third-order valence-corrected chi connectivity index (χ3v) is 11.9. The molecule has 0 N–H and O–H groups in total. The summed E-state index contributed by atoms with van der Waals surface area (Å²) in [6.45, 7) is 4.37. The van der Waals surface area contributed by atoms with Crippen LogP contribution in [0.25, 0.3) is 32.1 Å². The maximum Gasteiger partial charge on any atom is 0.319 e. The molecule has 0 saturated carbocycles. The number of hydrogen-bond donors (Lipinski definition) is 0. The minimum Gasteiger partial charge on any atom is -0.489 e. The highest BCUT2D eigenvalue weighted by molar-refractivity contribution is 7.19. The highest BCUT2D eigenvalue weighted by Crippen LogP contribution is 2.51. The van der Waals surface area contributed by atoms with Crippen LogP contribution in [-0.2, 0) is 13.1 Å². The molecule has 5 aromatic rings. The molecule has 0 amide bonds. The Labute approximate surface area is 282 Å². The lowest BCUT2D eigenvalue weighted by Gasteiger charge is -2.31. The van der Waals surface area contributed by atoms with E-state index in [4.69, 9.17) is 26.1 Å². The summed E-state index contributed by atoms with van der Waals surface area (Å²) in [4.78, 5) is 14.4. The van der Waals surface area contributed by atoms with Gasteiger partial charge in [-0.3, -0.25) is 9.58 Å². The van der Waals surface area contributed by atoms with Gasteiger partial charge in [0.2, 0.25) is 0 Å². The topological polar surface area (TPSA) is 92.3 Å². The molecule has 0 bridgehead atoms. The van der Waals surface area contributed by atoms with Gasteiger partial charge in [0.15, 0.2) is 11.6 Å². The normalized spacial score (nSPS) is 23.4. The van der Waals surface area contributed by atoms with E-state index in [-0.39, 0.29) is 68.3 Å². The second-order valence-corrected chi connectivity index (χ2v) is 14.7. The van der Waals surface area contributed by atoms with E-state index < -0.39 is 23.3 Å². The first-order valence-electron chi connectivity index (χ1n) is 16.0. The Balaban J connectivity index is 1.27. The van der Waals surface area contributed by atoms with Crippen molar-refractivity contribution < 1.29 is 22.6 Å². The summed E-state index contributed by atoms with van der Waals surface area (Å²) in [6.07, 6.45) is 3.58. The molecular weight excluding hydrogens is 663 g/mol. The number of aryl methyl sites for hydroxylation is 2. The zero-order valence-corrected chi connectivity index (χ0v) is 27.5. The number of anilines is 1. The maximum atomic E-state index is 17.3. The van der Waals surface area contributed by atoms with Gasteiger partial charge in [-0.1, -0.05) is 17.7 Å². The van der Waals surface area contributed by atoms with Crippen molar-refractivity contribution in [3.05, 3.63) is 57.2 Å². The Morgan fingerprint density at radius 2 is 2.08 bits per heavy atom. The van der Waals surface area contributed by atoms with Gasteiger partial charge in [-0.15, -0.1) is 11.3 Å². The van der Waals surface area contributed by atoms with Crippen LogP contribution < -0.4 is 14.4 Å². The number of thiophene rings is 1. The first-order valence-corrected chi connectivity index (χ1v) is 17.2.